The molecule has 16 heavy (non-hydrogen) atoms. The van der Waals surface area contributed by atoms with E-state index in [1.807, 2.05) is 0 Å². The monoisotopic (exact) mass is 225 g/mol. The zero-order valence-corrected chi connectivity index (χ0v) is 8.36. The highest BCUT2D eigenvalue weighted by Crippen LogP contribution is 2.29. The van der Waals surface area contributed by atoms with Gasteiger partial charge in [0.15, 0.2) is 11.6 Å². The van der Waals surface area contributed by atoms with Gasteiger partial charge in [0, 0.05) is 5.56 Å². The maximum absolute atomic E-state index is 13.3. The molecule has 0 spiro atoms. The largest absolute Gasteiger partial charge is 0.494 e. The number of carboxylic acid groups (broad SMARTS) is 1. The lowest BCUT2D eigenvalue weighted by Crippen LogP contribution is -2.29. The van der Waals surface area contributed by atoms with E-state index >= 15 is 0 Å². The first kappa shape index (κ1) is 10.4. The van der Waals surface area contributed by atoms with Crippen LogP contribution in [0.5, 0.6) is 5.75 Å². The third-order valence-electron chi connectivity index (χ3n) is 2.41. The van der Waals surface area contributed by atoms with Gasteiger partial charge in [-0.3, -0.25) is 4.79 Å². The van der Waals surface area contributed by atoms with Crippen molar-refractivity contribution >= 4 is 12.0 Å². The molecule has 0 radical (unpaired) electrons. The highest BCUT2D eigenvalue weighted by Gasteiger charge is 2.33. The molecule has 1 heterocycles. The standard InChI is InChI=1S/C10H8FNO4/c1-16-8-3-6-5(2-7(8)11)4-12(9(6)13)10(14)15/h2-3H,4H2,1H3,(H,14,15). The molecular weight excluding hydrogens is 217 g/mol. The number of carbonyl (C=O) groups excluding carboxylic acids is 1. The van der Waals surface area contributed by atoms with E-state index in [1.54, 1.807) is 0 Å². The van der Waals surface area contributed by atoms with Crippen LogP contribution in [0.2, 0.25) is 0 Å². The second-order valence-electron chi connectivity index (χ2n) is 3.32. The van der Waals surface area contributed by atoms with Crippen molar-refractivity contribution in [3.8, 4) is 5.75 Å². The number of nitrogens with zero attached hydrogens (tertiary/aromatic N) is 1. The number of imide groups is 1. The summed E-state index contributed by atoms with van der Waals surface area (Å²) in [6.07, 6.45) is -1.35. The first-order chi connectivity index (χ1) is 7.54. The summed E-state index contributed by atoms with van der Waals surface area (Å²) in [5.41, 5.74) is 0.520. The predicted molar refractivity (Wildman–Crippen MR) is 50.9 cm³/mol. The van der Waals surface area contributed by atoms with Gasteiger partial charge < -0.3 is 9.84 Å². The van der Waals surface area contributed by atoms with E-state index in [0.717, 1.165) is 6.07 Å². The van der Waals surface area contributed by atoms with Gasteiger partial charge in [-0.1, -0.05) is 0 Å². The molecule has 0 aliphatic carbocycles. The van der Waals surface area contributed by atoms with Gasteiger partial charge in [0.05, 0.1) is 13.7 Å². The number of ether oxygens (including phenoxy) is 1. The highest BCUT2D eigenvalue weighted by molar-refractivity contribution is 6.06. The van der Waals surface area contributed by atoms with E-state index < -0.39 is 17.8 Å². The molecule has 1 aromatic carbocycles. The molecule has 1 aliphatic heterocycles. The molecule has 84 valence electrons. The van der Waals surface area contributed by atoms with Gasteiger partial charge >= 0.3 is 6.09 Å². The summed E-state index contributed by atoms with van der Waals surface area (Å²) in [7, 11) is 1.28. The third kappa shape index (κ3) is 1.39. The number of benzene rings is 1. The van der Waals surface area contributed by atoms with Gasteiger partial charge in [0.25, 0.3) is 5.91 Å². The Hall–Kier alpha value is -2.11. The first-order valence-corrected chi connectivity index (χ1v) is 4.45. The summed E-state index contributed by atoms with van der Waals surface area (Å²) in [5.74, 6) is -1.33. The quantitative estimate of drug-likeness (QED) is 0.785. The smallest absolute Gasteiger partial charge is 0.414 e. The van der Waals surface area contributed by atoms with Crippen LogP contribution in [-0.2, 0) is 6.54 Å². The van der Waals surface area contributed by atoms with Crippen LogP contribution < -0.4 is 4.74 Å². The fourth-order valence-corrected chi connectivity index (χ4v) is 1.62. The van der Waals surface area contributed by atoms with Crippen LogP contribution in [0, 0.1) is 5.82 Å². The van der Waals surface area contributed by atoms with E-state index in [0.29, 0.717) is 10.5 Å². The van der Waals surface area contributed by atoms with Crippen molar-refractivity contribution in [2.45, 2.75) is 6.54 Å². The van der Waals surface area contributed by atoms with Gasteiger partial charge in [-0.15, -0.1) is 0 Å². The van der Waals surface area contributed by atoms with Crippen molar-refractivity contribution in [3.05, 3.63) is 29.1 Å². The molecule has 1 N–H and O–H groups in total. The van der Waals surface area contributed by atoms with E-state index in [4.69, 9.17) is 9.84 Å². The van der Waals surface area contributed by atoms with Crippen molar-refractivity contribution in [3.63, 3.8) is 0 Å². The Kier molecular flexibility index (Phi) is 2.26. The van der Waals surface area contributed by atoms with Gasteiger partial charge in [0.2, 0.25) is 0 Å². The lowest BCUT2D eigenvalue weighted by atomic mass is 10.1. The molecule has 1 aliphatic rings. The van der Waals surface area contributed by atoms with Gasteiger partial charge in [-0.05, 0) is 17.7 Å². The van der Waals surface area contributed by atoms with Crippen LogP contribution in [0.3, 0.4) is 0 Å². The second kappa shape index (κ2) is 3.48. The summed E-state index contributed by atoms with van der Waals surface area (Å²) in [5, 5.41) is 8.73. The zero-order chi connectivity index (χ0) is 11.9. The van der Waals surface area contributed by atoms with Gasteiger partial charge in [0.1, 0.15) is 0 Å². The number of halogens is 1. The maximum Gasteiger partial charge on any atom is 0.414 e. The van der Waals surface area contributed by atoms with E-state index in [9.17, 15) is 14.0 Å². The van der Waals surface area contributed by atoms with Crippen LogP contribution >= 0.6 is 0 Å². The maximum atomic E-state index is 13.3. The Bertz CT molecular complexity index is 486. The predicted octanol–water partition coefficient (Wildman–Crippen LogP) is 1.47. The average Bonchev–Trinajstić information content (AvgIpc) is 2.54. The molecule has 5 nitrogen and oxygen atoms in total. The molecule has 0 aromatic heterocycles. The lowest BCUT2D eigenvalue weighted by molar-refractivity contribution is 0.0763. The second-order valence-corrected chi connectivity index (χ2v) is 3.32. The summed E-state index contributed by atoms with van der Waals surface area (Å²) in [6, 6.07) is 2.34. The third-order valence-corrected chi connectivity index (χ3v) is 2.41. The summed E-state index contributed by atoms with van der Waals surface area (Å²) >= 11 is 0. The van der Waals surface area contributed by atoms with Crippen LogP contribution in [0.4, 0.5) is 9.18 Å². The van der Waals surface area contributed by atoms with Gasteiger partial charge in [-0.2, -0.15) is 0 Å². The molecule has 0 fully saturated rings. The lowest BCUT2D eigenvalue weighted by Gasteiger charge is -2.06. The number of carbonyl (C=O) groups is 2. The Morgan fingerprint density at radius 1 is 1.56 bits per heavy atom. The molecule has 1 aromatic rings. The number of fused-ring (bicyclic) bond motifs is 1. The summed E-state index contributed by atoms with van der Waals surface area (Å²) < 4.78 is 18.0. The van der Waals surface area contributed by atoms with Crippen molar-refractivity contribution in [2.24, 2.45) is 0 Å². The number of hydrogen-bond donors (Lipinski definition) is 1. The molecule has 0 bridgehead atoms. The summed E-state index contributed by atoms with van der Waals surface area (Å²) in [4.78, 5) is 22.9. The van der Waals surface area contributed by atoms with Crippen LogP contribution in [0.1, 0.15) is 15.9 Å². The topological polar surface area (TPSA) is 66.8 Å². The Labute approximate surface area is 90.0 Å². The molecular formula is C10H8FNO4. The van der Waals surface area contributed by atoms with E-state index in [2.05, 4.69) is 0 Å². The number of amides is 2. The minimum Gasteiger partial charge on any atom is -0.494 e. The molecule has 2 rings (SSSR count). The Morgan fingerprint density at radius 3 is 2.81 bits per heavy atom. The number of rotatable bonds is 1. The minimum atomic E-state index is -1.35. The number of hydrogen-bond acceptors (Lipinski definition) is 3. The Morgan fingerprint density at radius 2 is 2.25 bits per heavy atom. The van der Waals surface area contributed by atoms with Crippen molar-refractivity contribution in [2.75, 3.05) is 7.11 Å². The van der Waals surface area contributed by atoms with Crippen LogP contribution in [-0.4, -0.2) is 29.1 Å². The highest BCUT2D eigenvalue weighted by atomic mass is 19.1. The summed E-state index contributed by atoms with van der Waals surface area (Å²) in [6.45, 7) is -0.121. The molecule has 2 amide bonds. The molecule has 0 atom stereocenters. The SMILES string of the molecule is COc1cc2c(cc1F)CN(C(=O)O)C2=O. The van der Waals surface area contributed by atoms with Crippen LogP contribution in [0.25, 0.3) is 0 Å². The minimum absolute atomic E-state index is 0.0701. The van der Waals surface area contributed by atoms with Crippen molar-refractivity contribution in [1.29, 1.82) is 0 Å². The molecule has 0 saturated heterocycles. The van der Waals surface area contributed by atoms with Crippen molar-refractivity contribution < 1.29 is 23.8 Å². The zero-order valence-electron chi connectivity index (χ0n) is 8.36. The molecule has 0 unspecified atom stereocenters. The molecule has 0 saturated carbocycles. The van der Waals surface area contributed by atoms with E-state index in [-0.39, 0.29) is 17.9 Å². The first-order valence-electron chi connectivity index (χ1n) is 4.45. The number of methoxy groups -OCH3 is 1. The fourth-order valence-electron chi connectivity index (χ4n) is 1.62. The normalized spacial score (nSPS) is 13.9. The fraction of sp³-hybridized carbons (Fsp3) is 0.200. The average molecular weight is 225 g/mol. The Balaban J connectivity index is 2.49. The van der Waals surface area contributed by atoms with Gasteiger partial charge in [-0.25, -0.2) is 14.1 Å². The van der Waals surface area contributed by atoms with Crippen LogP contribution in [0.15, 0.2) is 12.1 Å². The van der Waals surface area contributed by atoms with Crippen molar-refractivity contribution in [1.82, 2.24) is 4.90 Å². The van der Waals surface area contributed by atoms with E-state index in [1.165, 1.54) is 13.2 Å². The molecule has 6 heteroatoms.